The van der Waals surface area contributed by atoms with E-state index in [-0.39, 0.29) is 6.04 Å². The van der Waals surface area contributed by atoms with Gasteiger partial charge in [-0.3, -0.25) is 0 Å². The zero-order chi connectivity index (χ0) is 10.8. The number of hydrogen-bond acceptors (Lipinski definition) is 3. The molecule has 86 valence electrons. The topological polar surface area (TPSA) is 52.6 Å². The number of amides is 1. The highest BCUT2D eigenvalue weighted by atomic mass is 32.1. The number of nitrogens with zero attached hydrogens (tertiary/aromatic N) is 1. The maximum absolute atomic E-state index is 10.5. The average Bonchev–Trinajstić information content (AvgIpc) is 2.14. The molecule has 0 spiro atoms. The number of likely N-dealkylation sites (tertiary alicyclic amines) is 1. The Morgan fingerprint density at radius 1 is 1.33 bits per heavy atom. The minimum atomic E-state index is -0.896. The summed E-state index contributed by atoms with van der Waals surface area (Å²) in [6.45, 7) is 2.05. The number of piperidine rings is 1. The summed E-state index contributed by atoms with van der Waals surface area (Å²) >= 11 is 4.41. The predicted molar refractivity (Wildman–Crippen MR) is 61.6 cm³/mol. The Bertz CT molecular complexity index is 236. The highest BCUT2D eigenvalue weighted by molar-refractivity contribution is 7.81. The van der Waals surface area contributed by atoms with Gasteiger partial charge in [0.1, 0.15) is 0 Å². The lowest BCUT2D eigenvalue weighted by molar-refractivity contribution is 0.0955. The van der Waals surface area contributed by atoms with E-state index in [1.807, 2.05) is 0 Å². The van der Waals surface area contributed by atoms with Crippen molar-refractivity contribution in [3.05, 3.63) is 0 Å². The van der Waals surface area contributed by atoms with Crippen molar-refractivity contribution in [3.8, 4) is 0 Å². The quantitative estimate of drug-likeness (QED) is 0.624. The van der Waals surface area contributed by atoms with E-state index in [2.05, 4.69) is 22.8 Å². The molecule has 2 rings (SSSR count). The lowest BCUT2D eigenvalue weighted by Gasteiger charge is -2.44. The number of rotatable bonds is 2. The van der Waals surface area contributed by atoms with Gasteiger partial charge in [-0.15, -0.1) is 0 Å². The van der Waals surface area contributed by atoms with Crippen molar-refractivity contribution in [3.63, 3.8) is 0 Å². The van der Waals surface area contributed by atoms with Crippen LogP contribution in [0.25, 0.3) is 0 Å². The summed E-state index contributed by atoms with van der Waals surface area (Å²) in [6.07, 6.45) is 3.38. The summed E-state index contributed by atoms with van der Waals surface area (Å²) < 4.78 is 0. The van der Waals surface area contributed by atoms with Gasteiger partial charge >= 0.3 is 6.09 Å². The van der Waals surface area contributed by atoms with Crippen molar-refractivity contribution in [2.24, 2.45) is 0 Å². The smallest absolute Gasteiger partial charge is 0.404 e. The van der Waals surface area contributed by atoms with Crippen molar-refractivity contribution in [2.75, 3.05) is 13.1 Å². The second-order valence-corrected chi connectivity index (χ2v) is 5.27. The molecule has 0 aromatic carbocycles. The van der Waals surface area contributed by atoms with Gasteiger partial charge in [-0.2, -0.15) is 12.6 Å². The van der Waals surface area contributed by atoms with E-state index in [9.17, 15) is 4.79 Å². The number of carboxylic acid groups (broad SMARTS) is 1. The molecule has 1 saturated heterocycles. The van der Waals surface area contributed by atoms with Crippen LogP contribution in [0.5, 0.6) is 0 Å². The third kappa shape index (κ3) is 2.78. The van der Waals surface area contributed by atoms with Crippen LogP contribution in [0.3, 0.4) is 0 Å². The van der Waals surface area contributed by atoms with E-state index in [1.165, 1.54) is 12.8 Å². The standard InChI is InChI=1S/C10H18N2O2S/c13-10(14)11-7-1-3-12(4-2-7)8-5-9(15)6-8/h7-9,11,15H,1-6H2,(H,13,14)/t8-,9-. The predicted octanol–water partition coefficient (Wildman–Crippen LogP) is 1.18. The summed E-state index contributed by atoms with van der Waals surface area (Å²) in [4.78, 5) is 12.9. The largest absolute Gasteiger partial charge is 0.465 e. The highest BCUT2D eigenvalue weighted by Gasteiger charge is 2.33. The van der Waals surface area contributed by atoms with Crippen LogP contribution in [0.1, 0.15) is 25.7 Å². The molecule has 1 aliphatic carbocycles. The molecule has 0 unspecified atom stereocenters. The van der Waals surface area contributed by atoms with Gasteiger partial charge in [0.25, 0.3) is 0 Å². The summed E-state index contributed by atoms with van der Waals surface area (Å²) in [6, 6.07) is 0.865. The lowest BCUT2D eigenvalue weighted by atomic mass is 9.88. The number of thiol groups is 1. The number of carbonyl (C=O) groups is 1. The molecule has 4 nitrogen and oxygen atoms in total. The average molecular weight is 230 g/mol. The monoisotopic (exact) mass is 230 g/mol. The molecule has 0 atom stereocenters. The minimum Gasteiger partial charge on any atom is -0.465 e. The fourth-order valence-electron chi connectivity index (χ4n) is 2.44. The van der Waals surface area contributed by atoms with Gasteiger partial charge in [-0.25, -0.2) is 4.79 Å². The molecule has 1 amide bonds. The van der Waals surface area contributed by atoms with Gasteiger partial charge in [0.15, 0.2) is 0 Å². The van der Waals surface area contributed by atoms with Crippen LogP contribution in [0.2, 0.25) is 0 Å². The molecular formula is C10H18N2O2S. The molecule has 1 aliphatic heterocycles. The van der Waals surface area contributed by atoms with Crippen LogP contribution < -0.4 is 5.32 Å². The first-order chi connectivity index (χ1) is 7.15. The van der Waals surface area contributed by atoms with E-state index in [1.54, 1.807) is 0 Å². The SMILES string of the molecule is O=C(O)NC1CCN([C@H]2C[C@H](S)C2)CC1. The van der Waals surface area contributed by atoms with Gasteiger partial charge in [0, 0.05) is 30.4 Å². The van der Waals surface area contributed by atoms with Crippen LogP contribution in [-0.2, 0) is 0 Å². The van der Waals surface area contributed by atoms with Gasteiger partial charge in [0.05, 0.1) is 0 Å². The summed E-state index contributed by atoms with van der Waals surface area (Å²) in [5, 5.41) is 11.7. The summed E-state index contributed by atoms with van der Waals surface area (Å²) in [5.41, 5.74) is 0. The number of nitrogens with one attached hydrogen (secondary N) is 1. The zero-order valence-corrected chi connectivity index (χ0v) is 9.62. The van der Waals surface area contributed by atoms with Crippen LogP contribution >= 0.6 is 12.6 Å². The number of hydrogen-bond donors (Lipinski definition) is 3. The second-order valence-electron chi connectivity index (χ2n) is 4.54. The third-order valence-corrected chi connectivity index (χ3v) is 3.88. The minimum absolute atomic E-state index is 0.158. The molecule has 0 bridgehead atoms. The molecule has 0 aromatic heterocycles. The Labute approximate surface area is 95.4 Å². The first-order valence-corrected chi connectivity index (χ1v) is 6.08. The molecule has 15 heavy (non-hydrogen) atoms. The lowest BCUT2D eigenvalue weighted by Crippen LogP contribution is -2.52. The van der Waals surface area contributed by atoms with E-state index < -0.39 is 6.09 Å². The Balaban J connectivity index is 1.70. The molecule has 2 aliphatic rings. The fraction of sp³-hybridized carbons (Fsp3) is 0.900. The molecule has 1 saturated carbocycles. The molecule has 0 radical (unpaired) electrons. The van der Waals surface area contributed by atoms with Crippen molar-refractivity contribution in [1.82, 2.24) is 10.2 Å². The Morgan fingerprint density at radius 3 is 2.40 bits per heavy atom. The Morgan fingerprint density at radius 2 is 1.93 bits per heavy atom. The van der Waals surface area contributed by atoms with Crippen LogP contribution in [0.4, 0.5) is 4.79 Å². The van der Waals surface area contributed by atoms with E-state index in [0.29, 0.717) is 11.3 Å². The zero-order valence-electron chi connectivity index (χ0n) is 8.72. The van der Waals surface area contributed by atoms with Crippen molar-refractivity contribution < 1.29 is 9.90 Å². The summed E-state index contributed by atoms with van der Waals surface area (Å²) in [7, 11) is 0. The van der Waals surface area contributed by atoms with Crippen molar-refractivity contribution >= 4 is 18.7 Å². The molecule has 2 fully saturated rings. The van der Waals surface area contributed by atoms with Crippen LogP contribution in [-0.4, -0.2) is 46.5 Å². The maximum Gasteiger partial charge on any atom is 0.404 e. The molecule has 5 heteroatoms. The van der Waals surface area contributed by atoms with Gasteiger partial charge in [-0.1, -0.05) is 0 Å². The maximum atomic E-state index is 10.5. The van der Waals surface area contributed by atoms with Gasteiger partial charge < -0.3 is 15.3 Å². The Hall–Kier alpha value is -0.420. The first kappa shape index (κ1) is 11.1. The van der Waals surface area contributed by atoms with Crippen molar-refractivity contribution in [2.45, 2.75) is 43.0 Å². The third-order valence-electron chi connectivity index (χ3n) is 3.46. The Kier molecular flexibility index (Phi) is 3.41. The van der Waals surface area contributed by atoms with E-state index >= 15 is 0 Å². The van der Waals surface area contributed by atoms with Crippen molar-refractivity contribution in [1.29, 1.82) is 0 Å². The van der Waals surface area contributed by atoms with E-state index in [4.69, 9.17) is 5.11 Å². The van der Waals surface area contributed by atoms with Gasteiger partial charge in [0.2, 0.25) is 0 Å². The normalized spacial score (nSPS) is 33.4. The van der Waals surface area contributed by atoms with Gasteiger partial charge in [-0.05, 0) is 25.7 Å². The molecule has 1 heterocycles. The highest BCUT2D eigenvalue weighted by Crippen LogP contribution is 2.31. The molecule has 2 N–H and O–H groups in total. The second kappa shape index (κ2) is 4.61. The fourth-order valence-corrected chi connectivity index (χ4v) is 2.93. The van der Waals surface area contributed by atoms with Crippen LogP contribution in [0.15, 0.2) is 0 Å². The molecular weight excluding hydrogens is 212 g/mol. The molecule has 0 aromatic rings. The van der Waals surface area contributed by atoms with Crippen LogP contribution in [0, 0.1) is 0 Å². The first-order valence-electron chi connectivity index (χ1n) is 5.56. The van der Waals surface area contributed by atoms with E-state index in [0.717, 1.165) is 25.9 Å². The summed E-state index contributed by atoms with van der Waals surface area (Å²) in [5.74, 6) is 0.